The van der Waals surface area contributed by atoms with Gasteiger partial charge < -0.3 is 9.64 Å². The predicted octanol–water partition coefficient (Wildman–Crippen LogP) is 2.80. The minimum Gasteiger partial charge on any atom is -0.379 e. The van der Waals surface area contributed by atoms with Crippen LogP contribution in [0.4, 0.5) is 4.79 Å². The first kappa shape index (κ1) is 21.0. The van der Waals surface area contributed by atoms with Gasteiger partial charge in [-0.2, -0.15) is 4.31 Å². The van der Waals surface area contributed by atoms with E-state index in [1.807, 2.05) is 11.9 Å². The molecule has 4 rings (SSSR count). The van der Waals surface area contributed by atoms with Crippen molar-refractivity contribution >= 4 is 16.1 Å². The topological polar surface area (TPSA) is 84.7 Å². The number of nitrogens with zero attached hydrogens (tertiary/aromatic N) is 4. The van der Waals surface area contributed by atoms with Gasteiger partial charge in [-0.25, -0.2) is 18.2 Å². The Labute approximate surface area is 177 Å². The summed E-state index contributed by atoms with van der Waals surface area (Å²) in [7, 11) is -1.68. The molecule has 1 amide bonds. The maximum Gasteiger partial charge on any atom is 0.329 e. The normalized spacial score (nSPS) is 19.0. The summed E-state index contributed by atoms with van der Waals surface area (Å²) < 4.78 is 33.7. The Hall–Kier alpha value is -2.23. The molecule has 0 bridgehead atoms. The number of amides is 1. The molecular formula is C21H28N4O4S. The van der Waals surface area contributed by atoms with E-state index < -0.39 is 10.0 Å². The molecule has 0 radical (unpaired) electrons. The number of ether oxygens (including phenoxy) is 1. The second kappa shape index (κ2) is 8.87. The molecule has 30 heavy (non-hydrogen) atoms. The van der Waals surface area contributed by atoms with Gasteiger partial charge in [0.15, 0.2) is 0 Å². The van der Waals surface area contributed by atoms with Crippen LogP contribution in [-0.2, 0) is 14.8 Å². The van der Waals surface area contributed by atoms with Crippen LogP contribution in [0.15, 0.2) is 41.7 Å². The first-order chi connectivity index (χ1) is 14.5. The largest absolute Gasteiger partial charge is 0.379 e. The number of sulfonamides is 1. The smallest absolute Gasteiger partial charge is 0.329 e. The van der Waals surface area contributed by atoms with Gasteiger partial charge in [-0.05, 0) is 25.0 Å². The monoisotopic (exact) mass is 432 g/mol. The molecular weight excluding hydrogens is 404 g/mol. The first-order valence-corrected chi connectivity index (χ1v) is 11.9. The van der Waals surface area contributed by atoms with Crippen molar-refractivity contribution < 1.29 is 17.9 Å². The lowest BCUT2D eigenvalue weighted by Crippen LogP contribution is -2.40. The Morgan fingerprint density at radius 3 is 2.43 bits per heavy atom. The molecule has 0 atom stereocenters. The molecule has 2 fully saturated rings. The number of hydrogen-bond acceptors (Lipinski definition) is 5. The molecule has 1 aromatic carbocycles. The summed E-state index contributed by atoms with van der Waals surface area (Å²) in [5, 5.41) is 0. The number of aromatic nitrogens is 2. The number of morpholine rings is 1. The Kier molecular flexibility index (Phi) is 6.21. The minimum atomic E-state index is -3.53. The first-order valence-electron chi connectivity index (χ1n) is 10.5. The summed E-state index contributed by atoms with van der Waals surface area (Å²) in [6, 6.07) is 6.84. The zero-order valence-corrected chi connectivity index (χ0v) is 18.1. The highest BCUT2D eigenvalue weighted by atomic mass is 32.2. The van der Waals surface area contributed by atoms with Gasteiger partial charge >= 0.3 is 6.03 Å². The van der Waals surface area contributed by atoms with Gasteiger partial charge in [0.1, 0.15) is 6.33 Å². The van der Waals surface area contributed by atoms with E-state index in [1.165, 1.54) is 21.6 Å². The molecule has 9 heteroatoms. The Bertz CT molecular complexity index is 975. The average molecular weight is 433 g/mol. The Morgan fingerprint density at radius 1 is 1.10 bits per heavy atom. The summed E-state index contributed by atoms with van der Waals surface area (Å²) in [5.74, 6) is 0. The molecule has 1 aromatic heterocycles. The van der Waals surface area contributed by atoms with Gasteiger partial charge in [0.05, 0.1) is 23.8 Å². The van der Waals surface area contributed by atoms with Crippen molar-refractivity contribution in [3.8, 4) is 11.3 Å². The minimum absolute atomic E-state index is 0.0906. The van der Waals surface area contributed by atoms with Crippen molar-refractivity contribution in [1.29, 1.82) is 0 Å². The molecule has 1 aliphatic carbocycles. The number of carbonyl (C=O) groups is 1. The van der Waals surface area contributed by atoms with Gasteiger partial charge in [-0.15, -0.1) is 0 Å². The highest BCUT2D eigenvalue weighted by Crippen LogP contribution is 2.24. The Balaban J connectivity index is 1.47. The van der Waals surface area contributed by atoms with Crippen molar-refractivity contribution in [2.24, 2.45) is 0 Å². The number of rotatable bonds is 4. The van der Waals surface area contributed by atoms with Gasteiger partial charge in [-0.1, -0.05) is 31.4 Å². The van der Waals surface area contributed by atoms with Crippen molar-refractivity contribution in [3.63, 3.8) is 0 Å². The van der Waals surface area contributed by atoms with Crippen LogP contribution in [0.3, 0.4) is 0 Å². The van der Waals surface area contributed by atoms with E-state index in [0.717, 1.165) is 31.2 Å². The predicted molar refractivity (Wildman–Crippen MR) is 113 cm³/mol. The van der Waals surface area contributed by atoms with Crippen LogP contribution in [0.5, 0.6) is 0 Å². The third-order valence-electron chi connectivity index (χ3n) is 5.99. The summed E-state index contributed by atoms with van der Waals surface area (Å²) in [5.41, 5.74) is 1.40. The molecule has 1 saturated heterocycles. The highest BCUT2D eigenvalue weighted by molar-refractivity contribution is 7.89. The fraction of sp³-hybridized carbons (Fsp3) is 0.524. The SMILES string of the molecule is CN(C(=O)n1cnc(-c2ccc(S(=O)(=O)N3CCOCC3)cc2)c1)C1CCCCC1. The summed E-state index contributed by atoms with van der Waals surface area (Å²) >= 11 is 0. The molecule has 162 valence electrons. The molecule has 0 spiro atoms. The molecule has 1 saturated carbocycles. The van der Waals surface area contributed by atoms with Crippen molar-refractivity contribution in [2.45, 2.75) is 43.0 Å². The molecule has 2 heterocycles. The fourth-order valence-electron chi connectivity index (χ4n) is 4.12. The number of carbonyl (C=O) groups excluding carboxylic acids is 1. The van der Waals surface area contributed by atoms with E-state index in [-0.39, 0.29) is 17.0 Å². The molecule has 2 aliphatic rings. The van der Waals surface area contributed by atoms with E-state index in [1.54, 1.807) is 30.5 Å². The van der Waals surface area contributed by atoms with Gasteiger partial charge in [0, 0.05) is 37.9 Å². The van der Waals surface area contributed by atoms with Crippen LogP contribution in [0.1, 0.15) is 32.1 Å². The molecule has 0 N–H and O–H groups in total. The maximum absolute atomic E-state index is 12.8. The summed E-state index contributed by atoms with van der Waals surface area (Å²) in [6.07, 6.45) is 8.88. The lowest BCUT2D eigenvalue weighted by molar-refractivity contribution is 0.0730. The molecule has 2 aromatic rings. The summed E-state index contributed by atoms with van der Waals surface area (Å²) in [4.78, 5) is 19.2. The van der Waals surface area contributed by atoms with E-state index in [0.29, 0.717) is 32.0 Å². The molecule has 8 nitrogen and oxygen atoms in total. The fourth-order valence-corrected chi connectivity index (χ4v) is 5.52. The number of hydrogen-bond donors (Lipinski definition) is 0. The van der Waals surface area contributed by atoms with Gasteiger partial charge in [0.2, 0.25) is 10.0 Å². The van der Waals surface area contributed by atoms with Crippen LogP contribution < -0.4 is 0 Å². The quantitative estimate of drug-likeness (QED) is 0.742. The van der Waals surface area contributed by atoms with E-state index >= 15 is 0 Å². The number of benzene rings is 1. The third-order valence-corrected chi connectivity index (χ3v) is 7.90. The van der Waals surface area contributed by atoms with Crippen LogP contribution in [0.25, 0.3) is 11.3 Å². The zero-order valence-electron chi connectivity index (χ0n) is 17.2. The summed E-state index contributed by atoms with van der Waals surface area (Å²) in [6.45, 7) is 1.56. The lowest BCUT2D eigenvalue weighted by atomic mass is 9.95. The van der Waals surface area contributed by atoms with Crippen molar-refractivity contribution in [3.05, 3.63) is 36.8 Å². The number of imidazole rings is 1. The van der Waals surface area contributed by atoms with Crippen molar-refractivity contribution in [2.75, 3.05) is 33.4 Å². The Morgan fingerprint density at radius 2 is 1.77 bits per heavy atom. The van der Waals surface area contributed by atoms with Crippen LogP contribution in [-0.4, -0.2) is 72.6 Å². The van der Waals surface area contributed by atoms with Crippen LogP contribution in [0.2, 0.25) is 0 Å². The van der Waals surface area contributed by atoms with Gasteiger partial charge in [0.25, 0.3) is 0 Å². The maximum atomic E-state index is 12.8. The standard InChI is InChI=1S/C21H28N4O4S/c1-23(18-5-3-2-4-6-18)21(26)24-15-20(22-16-24)17-7-9-19(10-8-17)30(27,28)25-11-13-29-14-12-25/h7-10,15-16,18H,2-6,11-14H2,1H3. The molecule has 1 aliphatic heterocycles. The van der Waals surface area contributed by atoms with Crippen LogP contribution >= 0.6 is 0 Å². The van der Waals surface area contributed by atoms with E-state index in [9.17, 15) is 13.2 Å². The average Bonchev–Trinajstić information content (AvgIpc) is 3.30. The highest BCUT2D eigenvalue weighted by Gasteiger charge is 2.26. The van der Waals surface area contributed by atoms with E-state index in [2.05, 4.69) is 4.98 Å². The molecule has 0 unspecified atom stereocenters. The second-order valence-corrected chi connectivity index (χ2v) is 9.83. The van der Waals surface area contributed by atoms with Gasteiger partial charge in [-0.3, -0.25) is 4.57 Å². The zero-order chi connectivity index (χ0) is 21.1. The van der Waals surface area contributed by atoms with Crippen molar-refractivity contribution in [1.82, 2.24) is 18.8 Å². The third kappa shape index (κ3) is 4.28. The second-order valence-electron chi connectivity index (χ2n) is 7.89. The van der Waals surface area contributed by atoms with Crippen LogP contribution in [0, 0.1) is 0 Å². The lowest BCUT2D eigenvalue weighted by Gasteiger charge is -2.31. The van der Waals surface area contributed by atoms with E-state index in [4.69, 9.17) is 4.74 Å².